The Morgan fingerprint density at radius 2 is 2.20 bits per heavy atom. The van der Waals surface area contributed by atoms with Gasteiger partial charge in [-0.15, -0.1) is 0 Å². The summed E-state index contributed by atoms with van der Waals surface area (Å²) in [6.45, 7) is 4.58. The van der Waals surface area contributed by atoms with Crippen LogP contribution in [0.3, 0.4) is 0 Å². The molecule has 2 aromatic rings. The fraction of sp³-hybridized carbons (Fsp3) is 0.429. The van der Waals surface area contributed by atoms with Crippen molar-refractivity contribution in [2.24, 2.45) is 0 Å². The van der Waals surface area contributed by atoms with Crippen molar-refractivity contribution in [1.29, 1.82) is 0 Å². The highest BCUT2D eigenvalue weighted by Gasteiger charge is 2.24. The predicted molar refractivity (Wildman–Crippen MR) is 77.9 cm³/mol. The van der Waals surface area contributed by atoms with Crippen LogP contribution in [0.5, 0.6) is 0 Å². The Labute approximate surface area is 121 Å². The van der Waals surface area contributed by atoms with Crippen molar-refractivity contribution in [1.82, 2.24) is 14.3 Å². The second-order valence-electron chi connectivity index (χ2n) is 4.73. The zero-order valence-corrected chi connectivity index (χ0v) is 12.2. The maximum atomic E-state index is 12.4. The lowest BCUT2D eigenvalue weighted by atomic mass is 10.3. The Bertz CT molecular complexity index is 607. The van der Waals surface area contributed by atoms with E-state index in [0.717, 1.165) is 10.7 Å². The molecule has 1 aliphatic heterocycles. The van der Waals surface area contributed by atoms with Crippen molar-refractivity contribution in [3.05, 3.63) is 30.6 Å². The van der Waals surface area contributed by atoms with Crippen molar-refractivity contribution >= 4 is 23.2 Å². The number of thioether (sulfide) groups is 1. The quantitative estimate of drug-likeness (QED) is 0.807. The van der Waals surface area contributed by atoms with Gasteiger partial charge in [-0.05, 0) is 19.1 Å². The first-order chi connectivity index (χ1) is 9.75. The molecular formula is C14H17N3O2S. The van der Waals surface area contributed by atoms with Gasteiger partial charge in [0, 0.05) is 19.3 Å². The molecule has 0 unspecified atom stereocenters. The number of morpholine rings is 1. The molecule has 0 spiro atoms. The SMILES string of the molecule is C[C@@H](Sc1ncc2ccccn12)C(=O)N1CCOCC1. The number of rotatable bonds is 3. The van der Waals surface area contributed by atoms with Gasteiger partial charge in [0.1, 0.15) is 0 Å². The third-order valence-corrected chi connectivity index (χ3v) is 4.43. The first kappa shape index (κ1) is 13.5. The molecule has 20 heavy (non-hydrogen) atoms. The minimum atomic E-state index is -0.140. The molecule has 0 aliphatic carbocycles. The van der Waals surface area contributed by atoms with E-state index in [1.807, 2.05) is 46.8 Å². The molecule has 0 radical (unpaired) electrons. The van der Waals surface area contributed by atoms with Gasteiger partial charge in [-0.25, -0.2) is 4.98 Å². The van der Waals surface area contributed by atoms with Crippen LogP contribution >= 0.6 is 11.8 Å². The van der Waals surface area contributed by atoms with Crippen molar-refractivity contribution in [2.75, 3.05) is 26.3 Å². The van der Waals surface area contributed by atoms with Crippen LogP contribution in [-0.4, -0.2) is 51.7 Å². The third-order valence-electron chi connectivity index (χ3n) is 3.36. The van der Waals surface area contributed by atoms with Gasteiger partial charge in [-0.3, -0.25) is 9.20 Å². The van der Waals surface area contributed by atoms with E-state index < -0.39 is 0 Å². The summed E-state index contributed by atoms with van der Waals surface area (Å²) >= 11 is 1.50. The third kappa shape index (κ3) is 2.66. The van der Waals surface area contributed by atoms with Crippen LogP contribution in [0.2, 0.25) is 0 Å². The highest BCUT2D eigenvalue weighted by atomic mass is 32.2. The molecule has 1 fully saturated rings. The van der Waals surface area contributed by atoms with Gasteiger partial charge in [-0.1, -0.05) is 17.8 Å². The highest BCUT2D eigenvalue weighted by molar-refractivity contribution is 8.00. The van der Waals surface area contributed by atoms with Gasteiger partial charge >= 0.3 is 0 Å². The highest BCUT2D eigenvalue weighted by Crippen LogP contribution is 2.24. The van der Waals surface area contributed by atoms with Crippen molar-refractivity contribution in [3.63, 3.8) is 0 Å². The molecule has 5 nitrogen and oxygen atoms in total. The predicted octanol–water partition coefficient (Wildman–Crippen LogP) is 1.67. The van der Waals surface area contributed by atoms with E-state index in [9.17, 15) is 4.79 Å². The zero-order chi connectivity index (χ0) is 13.9. The van der Waals surface area contributed by atoms with E-state index in [1.165, 1.54) is 11.8 Å². The van der Waals surface area contributed by atoms with Crippen LogP contribution < -0.4 is 0 Å². The molecule has 1 saturated heterocycles. The van der Waals surface area contributed by atoms with Gasteiger partial charge in [0.25, 0.3) is 0 Å². The Hall–Kier alpha value is -1.53. The van der Waals surface area contributed by atoms with E-state index in [4.69, 9.17) is 4.74 Å². The van der Waals surface area contributed by atoms with E-state index in [0.29, 0.717) is 26.3 Å². The van der Waals surface area contributed by atoms with Crippen molar-refractivity contribution in [3.8, 4) is 0 Å². The molecule has 1 atom stereocenters. The molecule has 2 aromatic heterocycles. The summed E-state index contributed by atoms with van der Waals surface area (Å²) in [4.78, 5) is 18.6. The summed E-state index contributed by atoms with van der Waals surface area (Å²) in [7, 11) is 0. The topological polar surface area (TPSA) is 46.8 Å². The molecule has 3 rings (SSSR count). The number of pyridine rings is 1. The number of carbonyl (C=O) groups excluding carboxylic acids is 1. The minimum Gasteiger partial charge on any atom is -0.378 e. The number of amides is 1. The second kappa shape index (κ2) is 5.85. The molecule has 0 aromatic carbocycles. The molecule has 1 aliphatic rings. The first-order valence-corrected chi connectivity index (χ1v) is 7.59. The lowest BCUT2D eigenvalue weighted by Crippen LogP contribution is -2.44. The number of imidazole rings is 1. The van der Waals surface area contributed by atoms with Gasteiger partial charge in [0.2, 0.25) is 5.91 Å². The lowest BCUT2D eigenvalue weighted by Gasteiger charge is -2.28. The molecule has 0 bridgehead atoms. The fourth-order valence-electron chi connectivity index (χ4n) is 2.26. The van der Waals surface area contributed by atoms with Gasteiger partial charge in [-0.2, -0.15) is 0 Å². The van der Waals surface area contributed by atoms with Crippen LogP contribution in [0.4, 0.5) is 0 Å². The summed E-state index contributed by atoms with van der Waals surface area (Å²) in [5.41, 5.74) is 1.04. The van der Waals surface area contributed by atoms with Gasteiger partial charge < -0.3 is 9.64 Å². The normalized spacial score (nSPS) is 17.4. The molecule has 3 heterocycles. The summed E-state index contributed by atoms with van der Waals surface area (Å²) in [5, 5.41) is 0.716. The molecular weight excluding hydrogens is 274 g/mol. The molecule has 106 valence electrons. The largest absolute Gasteiger partial charge is 0.378 e. The van der Waals surface area contributed by atoms with Crippen LogP contribution in [0.25, 0.3) is 5.52 Å². The van der Waals surface area contributed by atoms with Crippen LogP contribution in [0, 0.1) is 0 Å². The van der Waals surface area contributed by atoms with E-state index >= 15 is 0 Å². The number of hydrogen-bond acceptors (Lipinski definition) is 4. The molecule has 1 amide bonds. The Morgan fingerprint density at radius 1 is 1.40 bits per heavy atom. The van der Waals surface area contributed by atoms with Gasteiger partial charge in [0.15, 0.2) is 5.16 Å². The summed E-state index contributed by atoms with van der Waals surface area (Å²) in [6, 6.07) is 5.95. The number of nitrogens with zero attached hydrogens (tertiary/aromatic N) is 3. The number of aromatic nitrogens is 2. The standard InChI is InChI=1S/C14H17N3O2S/c1-11(13(18)16-6-8-19-9-7-16)20-14-15-10-12-4-2-3-5-17(12)14/h2-5,10-11H,6-9H2,1H3/t11-/m1/s1. The zero-order valence-electron chi connectivity index (χ0n) is 11.4. The van der Waals surface area contributed by atoms with E-state index in [-0.39, 0.29) is 11.2 Å². The van der Waals surface area contributed by atoms with E-state index in [2.05, 4.69) is 4.98 Å². The average Bonchev–Trinajstić information content (AvgIpc) is 2.91. The monoisotopic (exact) mass is 291 g/mol. The maximum Gasteiger partial charge on any atom is 0.236 e. The number of fused-ring (bicyclic) bond motifs is 1. The summed E-state index contributed by atoms with van der Waals surface area (Å²) in [6.07, 6.45) is 3.80. The number of ether oxygens (including phenoxy) is 1. The lowest BCUT2D eigenvalue weighted by molar-refractivity contribution is -0.134. The van der Waals surface area contributed by atoms with Crippen LogP contribution in [0.1, 0.15) is 6.92 Å². The molecule has 6 heteroatoms. The fourth-order valence-corrected chi connectivity index (χ4v) is 3.22. The number of carbonyl (C=O) groups is 1. The number of hydrogen-bond donors (Lipinski definition) is 0. The van der Waals surface area contributed by atoms with E-state index in [1.54, 1.807) is 0 Å². The van der Waals surface area contributed by atoms with Gasteiger partial charge in [0.05, 0.1) is 30.2 Å². The second-order valence-corrected chi connectivity index (χ2v) is 6.04. The smallest absolute Gasteiger partial charge is 0.236 e. The van der Waals surface area contributed by atoms with Crippen LogP contribution in [0.15, 0.2) is 35.7 Å². The Kier molecular flexibility index (Phi) is 3.93. The minimum absolute atomic E-state index is 0.140. The average molecular weight is 291 g/mol. The maximum absolute atomic E-state index is 12.4. The van der Waals surface area contributed by atoms with Crippen molar-refractivity contribution in [2.45, 2.75) is 17.3 Å². The molecule has 0 N–H and O–H groups in total. The van der Waals surface area contributed by atoms with Crippen LogP contribution in [-0.2, 0) is 9.53 Å². The first-order valence-electron chi connectivity index (χ1n) is 6.71. The summed E-state index contributed by atoms with van der Waals surface area (Å²) in [5.74, 6) is 0.158. The van der Waals surface area contributed by atoms with Crippen molar-refractivity contribution < 1.29 is 9.53 Å². The Morgan fingerprint density at radius 3 is 3.00 bits per heavy atom. The Balaban J connectivity index is 1.71. The molecule has 0 saturated carbocycles. The summed E-state index contributed by atoms with van der Waals surface area (Å²) < 4.78 is 7.28.